The zero-order valence-corrected chi connectivity index (χ0v) is 24.8. The molecule has 0 spiro atoms. The van der Waals surface area contributed by atoms with E-state index in [0.29, 0.717) is 0 Å². The third kappa shape index (κ3) is 4.53. The predicted octanol–water partition coefficient (Wildman–Crippen LogP) is 11.2. The molecule has 8 aromatic rings. The monoisotopic (exact) mass is 562 g/mol. The first-order chi connectivity index (χ1) is 21.6. The highest BCUT2D eigenvalue weighted by Crippen LogP contribution is 2.44. The lowest BCUT2D eigenvalue weighted by atomic mass is 9.85. The first kappa shape index (κ1) is 26.1. The Labute approximate surface area is 257 Å². The zero-order chi connectivity index (χ0) is 29.6. The number of hydrogen-bond acceptors (Lipinski definition) is 2. The maximum Gasteiger partial charge on any atom is 0.0893 e. The Hall–Kier alpha value is -5.60. The molecule has 6 aromatic carbocycles. The summed E-state index contributed by atoms with van der Waals surface area (Å²) in [5.41, 5.74) is 11.0. The molecule has 0 radical (unpaired) electrons. The van der Waals surface area contributed by atoms with E-state index >= 15 is 0 Å². The molecule has 208 valence electrons. The Balaban J connectivity index is 1.31. The zero-order valence-electron chi connectivity index (χ0n) is 24.8. The van der Waals surface area contributed by atoms with Gasteiger partial charge in [-0.25, -0.2) is 4.98 Å². The van der Waals surface area contributed by atoms with Gasteiger partial charge < -0.3 is 0 Å². The van der Waals surface area contributed by atoms with Crippen molar-refractivity contribution in [3.05, 3.63) is 157 Å². The van der Waals surface area contributed by atoms with Crippen LogP contribution in [0.15, 0.2) is 146 Å². The molecule has 8 rings (SSSR count). The predicted molar refractivity (Wildman–Crippen MR) is 186 cm³/mol. The van der Waals surface area contributed by atoms with E-state index in [9.17, 15) is 0 Å². The molecule has 2 heteroatoms. The first-order valence-corrected chi connectivity index (χ1v) is 15.1. The molecule has 2 nitrogen and oxygen atoms in total. The first-order valence-electron chi connectivity index (χ1n) is 15.1. The van der Waals surface area contributed by atoms with E-state index in [2.05, 4.69) is 146 Å². The maximum absolute atomic E-state index is 5.04. The number of nitrogens with zero attached hydrogens (tertiary/aromatic N) is 2. The SMILES string of the molecule is Cc1cc(C)nc(-c2cccc(-c3ccc4ccc(-c5c6ccccc6c(-c6ccccc6)c6ccccc56)cc4c3)n2)c1. The third-order valence-electron chi connectivity index (χ3n) is 8.53. The molecule has 0 aliphatic rings. The van der Waals surface area contributed by atoms with Crippen LogP contribution in [0.1, 0.15) is 11.3 Å². The van der Waals surface area contributed by atoms with Gasteiger partial charge >= 0.3 is 0 Å². The van der Waals surface area contributed by atoms with Crippen molar-refractivity contribution in [1.82, 2.24) is 9.97 Å². The molecule has 0 aliphatic heterocycles. The second-order valence-electron chi connectivity index (χ2n) is 11.6. The number of aromatic nitrogens is 2. The normalized spacial score (nSPS) is 11.4. The molecule has 0 saturated heterocycles. The second-order valence-corrected chi connectivity index (χ2v) is 11.6. The average Bonchev–Trinajstić information content (AvgIpc) is 3.06. The van der Waals surface area contributed by atoms with E-state index in [0.717, 1.165) is 28.3 Å². The summed E-state index contributed by atoms with van der Waals surface area (Å²) in [5.74, 6) is 0. The molecular weight excluding hydrogens is 532 g/mol. The van der Waals surface area contributed by atoms with Crippen molar-refractivity contribution in [2.75, 3.05) is 0 Å². The Kier molecular flexibility index (Phi) is 6.27. The minimum atomic E-state index is 0.889. The summed E-state index contributed by atoms with van der Waals surface area (Å²) in [5, 5.41) is 7.45. The van der Waals surface area contributed by atoms with Crippen LogP contribution in [0.4, 0.5) is 0 Å². The minimum Gasteiger partial charge on any atom is -0.251 e. The van der Waals surface area contributed by atoms with E-state index < -0.39 is 0 Å². The summed E-state index contributed by atoms with van der Waals surface area (Å²) >= 11 is 0. The highest BCUT2D eigenvalue weighted by atomic mass is 14.8. The Morgan fingerprint density at radius 3 is 1.59 bits per heavy atom. The van der Waals surface area contributed by atoms with Gasteiger partial charge in [0.15, 0.2) is 0 Å². The summed E-state index contributed by atoms with van der Waals surface area (Å²) < 4.78 is 0. The molecule has 0 N–H and O–H groups in total. The molecule has 0 saturated carbocycles. The van der Waals surface area contributed by atoms with Crippen molar-refractivity contribution in [1.29, 1.82) is 0 Å². The van der Waals surface area contributed by atoms with E-state index in [4.69, 9.17) is 9.97 Å². The summed E-state index contributed by atoms with van der Waals surface area (Å²) in [6.07, 6.45) is 0. The molecule has 44 heavy (non-hydrogen) atoms. The van der Waals surface area contributed by atoms with E-state index in [1.54, 1.807) is 0 Å². The minimum absolute atomic E-state index is 0.889. The van der Waals surface area contributed by atoms with Crippen molar-refractivity contribution in [2.24, 2.45) is 0 Å². The number of aryl methyl sites for hydroxylation is 2. The summed E-state index contributed by atoms with van der Waals surface area (Å²) in [7, 11) is 0. The van der Waals surface area contributed by atoms with Crippen molar-refractivity contribution >= 4 is 32.3 Å². The van der Waals surface area contributed by atoms with Crippen LogP contribution in [-0.2, 0) is 0 Å². The van der Waals surface area contributed by atoms with Crippen LogP contribution in [0, 0.1) is 13.8 Å². The van der Waals surface area contributed by atoms with Crippen LogP contribution in [0.5, 0.6) is 0 Å². The molecule has 0 unspecified atom stereocenters. The largest absolute Gasteiger partial charge is 0.251 e. The van der Waals surface area contributed by atoms with Crippen LogP contribution in [0.2, 0.25) is 0 Å². The second kappa shape index (κ2) is 10.6. The van der Waals surface area contributed by atoms with Gasteiger partial charge in [0.25, 0.3) is 0 Å². The Morgan fingerprint density at radius 1 is 0.364 bits per heavy atom. The van der Waals surface area contributed by atoms with Gasteiger partial charge in [0.1, 0.15) is 0 Å². The van der Waals surface area contributed by atoms with Gasteiger partial charge in [0.05, 0.1) is 17.1 Å². The topological polar surface area (TPSA) is 25.8 Å². The van der Waals surface area contributed by atoms with Gasteiger partial charge in [0.2, 0.25) is 0 Å². The fraction of sp³-hybridized carbons (Fsp3) is 0.0476. The van der Waals surface area contributed by atoms with Crippen molar-refractivity contribution in [3.8, 4) is 44.9 Å². The van der Waals surface area contributed by atoms with Crippen molar-refractivity contribution in [2.45, 2.75) is 13.8 Å². The number of rotatable bonds is 4. The van der Waals surface area contributed by atoms with E-state index in [1.165, 1.54) is 60.1 Å². The van der Waals surface area contributed by atoms with E-state index in [-0.39, 0.29) is 0 Å². The smallest absolute Gasteiger partial charge is 0.0893 e. The highest BCUT2D eigenvalue weighted by Gasteiger charge is 2.16. The average molecular weight is 563 g/mol. The van der Waals surface area contributed by atoms with Crippen LogP contribution < -0.4 is 0 Å². The number of fused-ring (bicyclic) bond motifs is 3. The Morgan fingerprint density at radius 2 is 0.932 bits per heavy atom. The van der Waals surface area contributed by atoms with Gasteiger partial charge in [-0.15, -0.1) is 0 Å². The molecule has 0 fully saturated rings. The standard InChI is InChI=1S/C42H30N2/c1-27-23-28(2)43-40(24-27)39-18-10-17-38(44-39)31-21-19-29-20-22-32(26-33(29)25-31)42-36-15-8-6-13-34(36)41(30-11-4-3-5-12-30)35-14-7-9-16-37(35)42/h3-26H,1-2H3. The van der Waals surface area contributed by atoms with Gasteiger partial charge in [-0.1, -0.05) is 109 Å². The Bertz CT molecular complexity index is 2270. The molecule has 0 aliphatic carbocycles. The molecular formula is C42H30N2. The molecule has 2 aromatic heterocycles. The summed E-state index contributed by atoms with van der Waals surface area (Å²) in [4.78, 5) is 9.79. The fourth-order valence-corrected chi connectivity index (χ4v) is 6.63. The van der Waals surface area contributed by atoms with Crippen molar-refractivity contribution < 1.29 is 0 Å². The maximum atomic E-state index is 5.04. The number of benzene rings is 6. The van der Waals surface area contributed by atoms with E-state index in [1.807, 2.05) is 13.0 Å². The van der Waals surface area contributed by atoms with Gasteiger partial charge in [-0.05, 0) is 110 Å². The van der Waals surface area contributed by atoms with Gasteiger partial charge in [-0.3, -0.25) is 4.98 Å². The number of pyridine rings is 2. The quantitative estimate of drug-likeness (QED) is 0.199. The van der Waals surface area contributed by atoms with Crippen LogP contribution in [-0.4, -0.2) is 9.97 Å². The number of hydrogen-bond donors (Lipinski definition) is 0. The lowest BCUT2D eigenvalue weighted by Crippen LogP contribution is -1.93. The van der Waals surface area contributed by atoms with Crippen molar-refractivity contribution in [3.63, 3.8) is 0 Å². The molecule has 2 heterocycles. The summed E-state index contributed by atoms with van der Waals surface area (Å²) in [6.45, 7) is 4.13. The third-order valence-corrected chi connectivity index (χ3v) is 8.53. The lowest BCUT2D eigenvalue weighted by Gasteiger charge is -2.18. The fourth-order valence-electron chi connectivity index (χ4n) is 6.63. The molecule has 0 atom stereocenters. The molecule has 0 amide bonds. The van der Waals surface area contributed by atoms with Gasteiger partial charge in [-0.2, -0.15) is 0 Å². The van der Waals surface area contributed by atoms with Crippen LogP contribution in [0.3, 0.4) is 0 Å². The highest BCUT2D eigenvalue weighted by molar-refractivity contribution is 6.21. The van der Waals surface area contributed by atoms with Crippen LogP contribution in [0.25, 0.3) is 77.2 Å². The van der Waals surface area contributed by atoms with Crippen LogP contribution >= 0.6 is 0 Å². The van der Waals surface area contributed by atoms with Gasteiger partial charge in [0, 0.05) is 11.3 Å². The summed E-state index contributed by atoms with van der Waals surface area (Å²) in [6, 6.07) is 52.3. The lowest BCUT2D eigenvalue weighted by molar-refractivity contribution is 1.16. The molecule has 0 bridgehead atoms.